The third kappa shape index (κ3) is 4.37. The quantitative estimate of drug-likeness (QED) is 0.560. The molecule has 1 aromatic carbocycles. The van der Waals surface area contributed by atoms with Crippen LogP contribution in [0.2, 0.25) is 0 Å². The van der Waals surface area contributed by atoms with E-state index in [2.05, 4.69) is 24.2 Å². The second kappa shape index (κ2) is 7.78. The Morgan fingerprint density at radius 1 is 1.38 bits per heavy atom. The van der Waals surface area contributed by atoms with E-state index in [1.165, 1.54) is 12.8 Å². The Labute approximate surface area is 98.0 Å². The Balaban J connectivity index is 2.47. The van der Waals surface area contributed by atoms with Gasteiger partial charge < -0.3 is 10.1 Å². The Bertz CT molecular complexity index is 341. The highest BCUT2D eigenvalue weighted by Crippen LogP contribution is 2.17. The van der Waals surface area contributed by atoms with Gasteiger partial charge in [-0.15, -0.1) is 6.42 Å². The van der Waals surface area contributed by atoms with Crippen molar-refractivity contribution in [2.75, 3.05) is 13.2 Å². The lowest BCUT2D eigenvalue weighted by atomic mass is 10.2. The molecule has 2 heteroatoms. The monoisotopic (exact) mass is 217 g/mol. The number of terminal acetylenes is 1. The van der Waals surface area contributed by atoms with Crippen LogP contribution in [-0.2, 0) is 6.54 Å². The number of rotatable bonds is 7. The Morgan fingerprint density at radius 2 is 2.19 bits per heavy atom. The molecule has 0 heterocycles. The van der Waals surface area contributed by atoms with Crippen molar-refractivity contribution in [3.8, 4) is 18.1 Å². The van der Waals surface area contributed by atoms with Gasteiger partial charge >= 0.3 is 0 Å². The minimum absolute atomic E-state index is 0.325. The first-order valence-electron chi connectivity index (χ1n) is 5.73. The van der Waals surface area contributed by atoms with Gasteiger partial charge in [0.1, 0.15) is 12.4 Å². The first-order chi connectivity index (χ1) is 7.88. The van der Waals surface area contributed by atoms with E-state index in [1.807, 2.05) is 18.2 Å². The zero-order valence-corrected chi connectivity index (χ0v) is 9.83. The molecule has 16 heavy (non-hydrogen) atoms. The topological polar surface area (TPSA) is 21.3 Å². The molecule has 0 spiro atoms. The van der Waals surface area contributed by atoms with Crippen LogP contribution in [0.4, 0.5) is 0 Å². The van der Waals surface area contributed by atoms with Crippen LogP contribution in [0.5, 0.6) is 5.75 Å². The summed E-state index contributed by atoms with van der Waals surface area (Å²) in [5, 5.41) is 3.39. The molecule has 0 bridgehead atoms. The van der Waals surface area contributed by atoms with Crippen LogP contribution in [0.3, 0.4) is 0 Å². The SMILES string of the molecule is C#CCOc1ccccc1CNCCCC. The second-order valence-corrected chi connectivity index (χ2v) is 3.63. The summed E-state index contributed by atoms with van der Waals surface area (Å²) >= 11 is 0. The Hall–Kier alpha value is -1.46. The van der Waals surface area contributed by atoms with Gasteiger partial charge in [0.05, 0.1) is 0 Å². The molecule has 1 aromatic rings. The fourth-order valence-electron chi connectivity index (χ4n) is 1.43. The van der Waals surface area contributed by atoms with Gasteiger partial charge in [0.2, 0.25) is 0 Å². The van der Waals surface area contributed by atoms with E-state index in [4.69, 9.17) is 11.2 Å². The van der Waals surface area contributed by atoms with E-state index in [9.17, 15) is 0 Å². The maximum atomic E-state index is 5.47. The lowest BCUT2D eigenvalue weighted by Crippen LogP contribution is -2.15. The summed E-state index contributed by atoms with van der Waals surface area (Å²) in [5.74, 6) is 3.36. The van der Waals surface area contributed by atoms with Gasteiger partial charge in [0.25, 0.3) is 0 Å². The van der Waals surface area contributed by atoms with Gasteiger partial charge in [0, 0.05) is 12.1 Å². The molecule has 0 aliphatic carbocycles. The number of unbranched alkanes of at least 4 members (excludes halogenated alkanes) is 1. The molecular formula is C14H19NO. The highest BCUT2D eigenvalue weighted by atomic mass is 16.5. The summed E-state index contributed by atoms with van der Waals surface area (Å²) < 4.78 is 5.47. The van der Waals surface area contributed by atoms with Crippen LogP contribution in [0.15, 0.2) is 24.3 Å². The van der Waals surface area contributed by atoms with Gasteiger partial charge in [-0.05, 0) is 19.0 Å². The van der Waals surface area contributed by atoms with E-state index < -0.39 is 0 Å². The van der Waals surface area contributed by atoms with E-state index in [-0.39, 0.29) is 0 Å². The van der Waals surface area contributed by atoms with Crippen LogP contribution >= 0.6 is 0 Å². The second-order valence-electron chi connectivity index (χ2n) is 3.63. The highest BCUT2D eigenvalue weighted by molar-refractivity contribution is 5.33. The van der Waals surface area contributed by atoms with Gasteiger partial charge in [-0.2, -0.15) is 0 Å². The van der Waals surface area contributed by atoms with Crippen LogP contribution in [0.25, 0.3) is 0 Å². The number of hydrogen-bond acceptors (Lipinski definition) is 2. The van der Waals surface area contributed by atoms with Crippen molar-refractivity contribution in [2.24, 2.45) is 0 Å². The summed E-state index contributed by atoms with van der Waals surface area (Å²) in [4.78, 5) is 0. The number of nitrogens with one attached hydrogen (secondary N) is 1. The molecule has 0 saturated heterocycles. The Morgan fingerprint density at radius 3 is 2.94 bits per heavy atom. The molecule has 0 radical (unpaired) electrons. The highest BCUT2D eigenvalue weighted by Gasteiger charge is 2.01. The summed E-state index contributed by atoms with van der Waals surface area (Å²) in [7, 11) is 0. The molecule has 0 aromatic heterocycles. The number of para-hydroxylation sites is 1. The number of ether oxygens (including phenoxy) is 1. The smallest absolute Gasteiger partial charge is 0.148 e. The number of benzene rings is 1. The average Bonchev–Trinajstić information content (AvgIpc) is 2.33. The Kier molecular flexibility index (Phi) is 6.13. The lowest BCUT2D eigenvalue weighted by molar-refractivity contribution is 0.365. The average molecular weight is 217 g/mol. The van der Waals surface area contributed by atoms with Crippen LogP contribution in [-0.4, -0.2) is 13.2 Å². The third-order valence-electron chi connectivity index (χ3n) is 2.31. The molecule has 0 saturated carbocycles. The van der Waals surface area contributed by atoms with Gasteiger partial charge in [-0.3, -0.25) is 0 Å². The lowest BCUT2D eigenvalue weighted by Gasteiger charge is -2.10. The maximum absolute atomic E-state index is 5.47. The van der Waals surface area contributed by atoms with E-state index in [0.717, 1.165) is 24.4 Å². The van der Waals surface area contributed by atoms with Crippen molar-refractivity contribution in [3.63, 3.8) is 0 Å². The number of hydrogen-bond donors (Lipinski definition) is 1. The molecule has 0 fully saturated rings. The van der Waals surface area contributed by atoms with Gasteiger partial charge in [-0.25, -0.2) is 0 Å². The van der Waals surface area contributed by atoms with E-state index >= 15 is 0 Å². The predicted octanol–water partition coefficient (Wildman–Crippen LogP) is 2.59. The van der Waals surface area contributed by atoms with Gasteiger partial charge in [-0.1, -0.05) is 37.5 Å². The molecule has 0 amide bonds. The fourth-order valence-corrected chi connectivity index (χ4v) is 1.43. The molecule has 0 unspecified atom stereocenters. The minimum Gasteiger partial charge on any atom is -0.481 e. The van der Waals surface area contributed by atoms with Crippen molar-refractivity contribution in [1.29, 1.82) is 0 Å². The summed E-state index contributed by atoms with van der Waals surface area (Å²) in [6, 6.07) is 7.99. The maximum Gasteiger partial charge on any atom is 0.148 e. The summed E-state index contributed by atoms with van der Waals surface area (Å²) in [5.41, 5.74) is 1.16. The van der Waals surface area contributed by atoms with E-state index in [1.54, 1.807) is 0 Å². The fraction of sp³-hybridized carbons (Fsp3) is 0.429. The van der Waals surface area contributed by atoms with Gasteiger partial charge in [0.15, 0.2) is 0 Å². The van der Waals surface area contributed by atoms with Crippen molar-refractivity contribution >= 4 is 0 Å². The predicted molar refractivity (Wildman–Crippen MR) is 67.4 cm³/mol. The standard InChI is InChI=1S/C14H19NO/c1-3-5-10-15-12-13-8-6-7-9-14(13)16-11-4-2/h2,6-9,15H,3,5,10-12H2,1H3. The first kappa shape index (κ1) is 12.6. The zero-order valence-electron chi connectivity index (χ0n) is 9.83. The van der Waals surface area contributed by atoms with E-state index in [0.29, 0.717) is 6.61 Å². The normalized spacial score (nSPS) is 9.75. The van der Waals surface area contributed by atoms with Crippen molar-refractivity contribution < 1.29 is 4.74 Å². The van der Waals surface area contributed by atoms with Crippen molar-refractivity contribution in [2.45, 2.75) is 26.3 Å². The molecule has 86 valence electrons. The summed E-state index contributed by atoms with van der Waals surface area (Å²) in [6.45, 7) is 4.39. The zero-order chi connectivity index (χ0) is 11.6. The molecule has 0 atom stereocenters. The first-order valence-corrected chi connectivity index (χ1v) is 5.73. The van der Waals surface area contributed by atoms with Crippen molar-refractivity contribution in [1.82, 2.24) is 5.32 Å². The largest absolute Gasteiger partial charge is 0.481 e. The molecule has 1 N–H and O–H groups in total. The molecule has 2 nitrogen and oxygen atoms in total. The van der Waals surface area contributed by atoms with Crippen LogP contribution in [0, 0.1) is 12.3 Å². The van der Waals surface area contributed by atoms with Crippen LogP contribution < -0.4 is 10.1 Å². The summed E-state index contributed by atoms with van der Waals surface area (Å²) in [6.07, 6.45) is 7.59. The third-order valence-corrected chi connectivity index (χ3v) is 2.31. The molecule has 0 aliphatic heterocycles. The van der Waals surface area contributed by atoms with Crippen LogP contribution in [0.1, 0.15) is 25.3 Å². The molecule has 1 rings (SSSR count). The molecular weight excluding hydrogens is 198 g/mol. The van der Waals surface area contributed by atoms with Crippen molar-refractivity contribution in [3.05, 3.63) is 29.8 Å². The molecule has 0 aliphatic rings. The minimum atomic E-state index is 0.325.